The molecular weight excluding hydrogens is 216 g/mol. The Kier molecular flexibility index (Phi) is 3.88. The van der Waals surface area contributed by atoms with Gasteiger partial charge in [-0.05, 0) is 17.7 Å². The highest BCUT2D eigenvalue weighted by molar-refractivity contribution is 6.30. The van der Waals surface area contributed by atoms with Crippen LogP contribution in [-0.2, 0) is 9.53 Å². The third-order valence-corrected chi connectivity index (χ3v) is 2.22. The molecule has 0 radical (unpaired) electrons. The van der Waals surface area contributed by atoms with Gasteiger partial charge in [0.2, 0.25) is 0 Å². The van der Waals surface area contributed by atoms with Crippen molar-refractivity contribution >= 4 is 17.6 Å². The maximum Gasteiger partial charge on any atom is 0.336 e. The summed E-state index contributed by atoms with van der Waals surface area (Å²) in [5.74, 6) is -0.627. The number of hydrogen-bond donors (Lipinski definition) is 1. The van der Waals surface area contributed by atoms with Crippen molar-refractivity contribution in [2.24, 2.45) is 0 Å². The maximum absolute atomic E-state index is 11.1. The van der Waals surface area contributed by atoms with Gasteiger partial charge >= 0.3 is 5.97 Å². The minimum atomic E-state index is -1.06. The Morgan fingerprint density at radius 1 is 1.47 bits per heavy atom. The number of ether oxygens (including phenoxy) is 1. The van der Waals surface area contributed by atoms with Crippen molar-refractivity contribution in [1.29, 1.82) is 0 Å². The van der Waals surface area contributed by atoms with Crippen molar-refractivity contribution in [3.8, 4) is 0 Å². The fourth-order valence-electron chi connectivity index (χ4n) is 1.09. The predicted molar refractivity (Wildman–Crippen MR) is 57.6 cm³/mol. The highest BCUT2D eigenvalue weighted by atomic mass is 35.5. The van der Waals surface area contributed by atoms with Crippen LogP contribution in [0.3, 0.4) is 0 Å². The Balaban J connectivity index is 2.85. The third-order valence-electron chi connectivity index (χ3n) is 1.96. The molecule has 0 amide bonds. The van der Waals surface area contributed by atoms with Crippen molar-refractivity contribution in [2.45, 2.75) is 6.10 Å². The maximum atomic E-state index is 11.1. The van der Waals surface area contributed by atoms with Crippen LogP contribution >= 0.6 is 11.6 Å². The van der Waals surface area contributed by atoms with Crippen LogP contribution in [0.1, 0.15) is 11.7 Å². The van der Waals surface area contributed by atoms with Crippen LogP contribution in [0.25, 0.3) is 0 Å². The van der Waals surface area contributed by atoms with Gasteiger partial charge < -0.3 is 9.84 Å². The van der Waals surface area contributed by atoms with Crippen molar-refractivity contribution < 1.29 is 14.6 Å². The second-order valence-electron chi connectivity index (χ2n) is 2.97. The molecule has 0 aromatic heterocycles. The molecule has 80 valence electrons. The highest BCUT2D eigenvalue weighted by Crippen LogP contribution is 2.22. The molecule has 15 heavy (non-hydrogen) atoms. The lowest BCUT2D eigenvalue weighted by Gasteiger charge is -2.11. The number of carbonyl (C=O) groups excluding carboxylic acids is 1. The fraction of sp³-hybridized carbons (Fsp3) is 0.182. The summed E-state index contributed by atoms with van der Waals surface area (Å²) in [5.41, 5.74) is 0.551. The molecule has 0 saturated carbocycles. The molecule has 0 spiro atoms. The Morgan fingerprint density at radius 2 is 2.00 bits per heavy atom. The van der Waals surface area contributed by atoms with E-state index in [1.165, 1.54) is 7.11 Å². The summed E-state index contributed by atoms with van der Waals surface area (Å²) in [4.78, 5) is 11.1. The first kappa shape index (κ1) is 11.8. The second kappa shape index (κ2) is 4.96. The van der Waals surface area contributed by atoms with E-state index in [9.17, 15) is 9.90 Å². The molecule has 1 rings (SSSR count). The smallest absolute Gasteiger partial charge is 0.336 e. The number of esters is 1. The van der Waals surface area contributed by atoms with E-state index in [0.717, 1.165) is 0 Å². The lowest BCUT2D eigenvalue weighted by atomic mass is 10.0. The van der Waals surface area contributed by atoms with Crippen LogP contribution in [0.4, 0.5) is 0 Å². The van der Waals surface area contributed by atoms with Gasteiger partial charge in [-0.1, -0.05) is 30.3 Å². The molecule has 0 heterocycles. The molecule has 0 fully saturated rings. The quantitative estimate of drug-likeness (QED) is 0.634. The molecular formula is C11H11ClO3. The molecule has 0 aliphatic rings. The van der Waals surface area contributed by atoms with E-state index >= 15 is 0 Å². The van der Waals surface area contributed by atoms with Crippen LogP contribution in [0.2, 0.25) is 5.02 Å². The molecule has 0 saturated heterocycles. The minimum Gasteiger partial charge on any atom is -0.466 e. The van der Waals surface area contributed by atoms with Gasteiger partial charge in [0.05, 0.1) is 12.7 Å². The lowest BCUT2D eigenvalue weighted by Crippen LogP contribution is -2.11. The Labute approximate surface area is 92.9 Å². The molecule has 1 aromatic carbocycles. The van der Waals surface area contributed by atoms with Gasteiger partial charge in [0.1, 0.15) is 6.10 Å². The average molecular weight is 227 g/mol. The van der Waals surface area contributed by atoms with E-state index < -0.39 is 12.1 Å². The standard InChI is InChI=1S/C11H11ClO3/c1-7(11(14)15-2)10(13)8-3-5-9(12)6-4-8/h3-6,10,13H,1H2,2H3/t10-/m0/s1. The van der Waals surface area contributed by atoms with Crippen LogP contribution in [-0.4, -0.2) is 18.2 Å². The Hall–Kier alpha value is -1.32. The van der Waals surface area contributed by atoms with Gasteiger partial charge in [0.15, 0.2) is 0 Å². The number of hydrogen-bond acceptors (Lipinski definition) is 3. The monoisotopic (exact) mass is 226 g/mol. The number of aliphatic hydroxyl groups is 1. The molecule has 0 unspecified atom stereocenters. The number of carbonyl (C=O) groups is 1. The molecule has 4 heteroatoms. The van der Waals surface area contributed by atoms with Crippen LogP contribution in [0.15, 0.2) is 36.4 Å². The van der Waals surface area contributed by atoms with Gasteiger partial charge in [0.25, 0.3) is 0 Å². The van der Waals surface area contributed by atoms with E-state index in [1.807, 2.05) is 0 Å². The number of aliphatic hydroxyl groups excluding tert-OH is 1. The summed E-state index contributed by atoms with van der Waals surface area (Å²) in [7, 11) is 1.24. The summed E-state index contributed by atoms with van der Waals surface area (Å²) in [5, 5.41) is 10.3. The molecule has 1 aromatic rings. The first-order valence-corrected chi connectivity index (χ1v) is 4.64. The average Bonchev–Trinajstić information content (AvgIpc) is 2.27. The van der Waals surface area contributed by atoms with Gasteiger partial charge in [-0.2, -0.15) is 0 Å². The van der Waals surface area contributed by atoms with E-state index in [1.54, 1.807) is 24.3 Å². The molecule has 0 aliphatic carbocycles. The van der Waals surface area contributed by atoms with Crippen LogP contribution in [0, 0.1) is 0 Å². The zero-order valence-electron chi connectivity index (χ0n) is 8.24. The van der Waals surface area contributed by atoms with Gasteiger partial charge in [0, 0.05) is 5.02 Å². The van der Waals surface area contributed by atoms with Crippen LogP contribution in [0.5, 0.6) is 0 Å². The van der Waals surface area contributed by atoms with Gasteiger partial charge in [-0.3, -0.25) is 0 Å². The number of rotatable bonds is 3. The summed E-state index contributed by atoms with van der Waals surface area (Å²) in [6.45, 7) is 3.47. The van der Waals surface area contributed by atoms with Crippen molar-refractivity contribution in [3.63, 3.8) is 0 Å². The molecule has 0 aliphatic heterocycles. The first-order valence-electron chi connectivity index (χ1n) is 4.27. The van der Waals surface area contributed by atoms with Crippen LogP contribution < -0.4 is 0 Å². The topological polar surface area (TPSA) is 46.5 Å². The third kappa shape index (κ3) is 2.81. The summed E-state index contributed by atoms with van der Waals surface area (Å²) < 4.78 is 4.45. The SMILES string of the molecule is C=C(C(=O)OC)[C@H](O)c1ccc(Cl)cc1. The molecule has 0 bridgehead atoms. The second-order valence-corrected chi connectivity index (χ2v) is 3.41. The highest BCUT2D eigenvalue weighted by Gasteiger charge is 2.18. The molecule has 1 atom stereocenters. The molecule has 1 N–H and O–H groups in total. The van der Waals surface area contributed by atoms with Gasteiger partial charge in [-0.15, -0.1) is 0 Å². The number of methoxy groups -OCH3 is 1. The lowest BCUT2D eigenvalue weighted by molar-refractivity contribution is -0.137. The van der Waals surface area contributed by atoms with E-state index in [0.29, 0.717) is 10.6 Å². The van der Waals surface area contributed by atoms with E-state index in [4.69, 9.17) is 11.6 Å². The largest absolute Gasteiger partial charge is 0.466 e. The molecule has 3 nitrogen and oxygen atoms in total. The Bertz CT molecular complexity index is 370. The number of halogens is 1. The van der Waals surface area contributed by atoms with Crippen molar-refractivity contribution in [2.75, 3.05) is 7.11 Å². The zero-order valence-corrected chi connectivity index (χ0v) is 8.99. The van der Waals surface area contributed by atoms with E-state index in [2.05, 4.69) is 11.3 Å². The number of benzene rings is 1. The Morgan fingerprint density at radius 3 is 2.47 bits per heavy atom. The summed E-state index contributed by atoms with van der Waals surface area (Å²) in [6.07, 6.45) is -1.06. The minimum absolute atomic E-state index is 0.000164. The van der Waals surface area contributed by atoms with Gasteiger partial charge in [-0.25, -0.2) is 4.79 Å². The zero-order chi connectivity index (χ0) is 11.4. The summed E-state index contributed by atoms with van der Waals surface area (Å²) >= 11 is 5.69. The normalized spacial score (nSPS) is 11.9. The van der Waals surface area contributed by atoms with Crippen molar-refractivity contribution in [1.82, 2.24) is 0 Å². The van der Waals surface area contributed by atoms with Crippen molar-refractivity contribution in [3.05, 3.63) is 47.0 Å². The summed E-state index contributed by atoms with van der Waals surface area (Å²) in [6, 6.07) is 6.51. The fourth-order valence-corrected chi connectivity index (χ4v) is 1.21. The van der Waals surface area contributed by atoms with E-state index in [-0.39, 0.29) is 5.57 Å². The first-order chi connectivity index (χ1) is 7.06. The predicted octanol–water partition coefficient (Wildman–Crippen LogP) is 2.10.